The highest BCUT2D eigenvalue weighted by Crippen LogP contribution is 2.19. The molecule has 0 unspecified atom stereocenters. The largest absolute Gasteiger partial charge is 0.314 e. The van der Waals surface area contributed by atoms with Crippen molar-refractivity contribution < 1.29 is 9.72 Å². The third kappa shape index (κ3) is 5.73. The number of anilines is 1. The Labute approximate surface area is 170 Å². The van der Waals surface area contributed by atoms with E-state index in [1.165, 1.54) is 17.0 Å². The molecule has 6 nitrogen and oxygen atoms in total. The Kier molecular flexibility index (Phi) is 6.71. The van der Waals surface area contributed by atoms with Gasteiger partial charge in [-0.25, -0.2) is 0 Å². The van der Waals surface area contributed by atoms with Crippen LogP contribution in [0.5, 0.6) is 0 Å². The van der Waals surface area contributed by atoms with E-state index in [1.54, 1.807) is 19.2 Å². The predicted octanol–water partition coefficient (Wildman–Crippen LogP) is 4.26. The van der Waals surface area contributed by atoms with Crippen molar-refractivity contribution in [2.24, 2.45) is 0 Å². The third-order valence-corrected chi connectivity index (χ3v) is 4.68. The second-order valence-corrected chi connectivity index (χ2v) is 6.84. The summed E-state index contributed by atoms with van der Waals surface area (Å²) in [6.45, 7) is 1.53. The molecule has 0 aliphatic carbocycles. The normalized spacial score (nSPS) is 10.7. The lowest BCUT2D eigenvalue weighted by Gasteiger charge is -2.25. The summed E-state index contributed by atoms with van der Waals surface area (Å²) in [6.07, 6.45) is 0. The van der Waals surface area contributed by atoms with E-state index in [0.717, 1.165) is 11.1 Å². The first-order valence-corrected chi connectivity index (χ1v) is 9.34. The molecule has 0 atom stereocenters. The van der Waals surface area contributed by atoms with E-state index in [0.29, 0.717) is 18.8 Å². The molecule has 3 aromatic rings. The number of nitrogens with zero attached hydrogens (tertiary/aromatic N) is 3. The molecule has 1 amide bonds. The van der Waals surface area contributed by atoms with Crippen molar-refractivity contribution >= 4 is 17.3 Å². The SMILES string of the molecule is CN(C(=O)CN(Cc1ccccc1)Cc1ccccc1)c1ccc([N+](=O)[O-])cc1. The van der Waals surface area contributed by atoms with E-state index in [1.807, 2.05) is 60.7 Å². The molecule has 6 heteroatoms. The lowest BCUT2D eigenvalue weighted by molar-refractivity contribution is -0.384. The molecule has 0 radical (unpaired) electrons. The van der Waals surface area contributed by atoms with Crippen molar-refractivity contribution in [2.75, 3.05) is 18.5 Å². The summed E-state index contributed by atoms with van der Waals surface area (Å²) in [6, 6.07) is 26.1. The van der Waals surface area contributed by atoms with E-state index >= 15 is 0 Å². The van der Waals surface area contributed by atoms with Gasteiger partial charge in [-0.05, 0) is 23.3 Å². The van der Waals surface area contributed by atoms with Crippen LogP contribution in [-0.4, -0.2) is 29.3 Å². The number of carbonyl (C=O) groups is 1. The molecule has 0 fully saturated rings. The van der Waals surface area contributed by atoms with Crippen LogP contribution in [0.15, 0.2) is 84.9 Å². The monoisotopic (exact) mass is 389 g/mol. The fraction of sp³-hybridized carbons (Fsp3) is 0.174. The maximum atomic E-state index is 12.9. The van der Waals surface area contributed by atoms with Crippen LogP contribution in [0.3, 0.4) is 0 Å². The molecule has 3 aromatic carbocycles. The lowest BCUT2D eigenvalue weighted by Crippen LogP contribution is -2.38. The number of rotatable bonds is 8. The number of hydrogen-bond acceptors (Lipinski definition) is 4. The highest BCUT2D eigenvalue weighted by Gasteiger charge is 2.17. The van der Waals surface area contributed by atoms with Crippen molar-refractivity contribution in [3.8, 4) is 0 Å². The van der Waals surface area contributed by atoms with Crippen LogP contribution < -0.4 is 4.90 Å². The summed E-state index contributed by atoms with van der Waals surface area (Å²) < 4.78 is 0. The van der Waals surface area contributed by atoms with Crippen molar-refractivity contribution in [3.05, 3.63) is 106 Å². The summed E-state index contributed by atoms with van der Waals surface area (Å²) in [7, 11) is 1.69. The molecular weight excluding hydrogens is 366 g/mol. The molecule has 3 rings (SSSR count). The average molecular weight is 389 g/mol. The summed E-state index contributed by atoms with van der Waals surface area (Å²) in [5.74, 6) is -0.0780. The fourth-order valence-corrected chi connectivity index (χ4v) is 3.09. The molecule has 0 aliphatic rings. The second kappa shape index (κ2) is 9.61. The molecule has 148 valence electrons. The molecule has 0 spiro atoms. The zero-order chi connectivity index (χ0) is 20.6. The zero-order valence-electron chi connectivity index (χ0n) is 16.3. The summed E-state index contributed by atoms with van der Waals surface area (Å²) in [4.78, 5) is 26.9. The Morgan fingerprint density at radius 3 is 1.76 bits per heavy atom. The highest BCUT2D eigenvalue weighted by molar-refractivity contribution is 5.94. The highest BCUT2D eigenvalue weighted by atomic mass is 16.6. The number of hydrogen-bond donors (Lipinski definition) is 0. The minimum atomic E-state index is -0.451. The molecule has 0 bridgehead atoms. The Morgan fingerprint density at radius 2 is 1.31 bits per heavy atom. The first-order valence-electron chi connectivity index (χ1n) is 9.34. The molecule has 0 saturated heterocycles. The van der Waals surface area contributed by atoms with E-state index in [2.05, 4.69) is 4.90 Å². The average Bonchev–Trinajstić information content (AvgIpc) is 2.74. The maximum absolute atomic E-state index is 12.9. The van der Waals surface area contributed by atoms with Crippen LogP contribution in [0, 0.1) is 10.1 Å². The number of nitro benzene ring substituents is 1. The van der Waals surface area contributed by atoms with Gasteiger partial charge in [0.15, 0.2) is 0 Å². The van der Waals surface area contributed by atoms with E-state index in [4.69, 9.17) is 0 Å². The van der Waals surface area contributed by atoms with Gasteiger partial charge in [-0.15, -0.1) is 0 Å². The Balaban J connectivity index is 1.72. The topological polar surface area (TPSA) is 66.7 Å². The van der Waals surface area contributed by atoms with Gasteiger partial charge in [-0.2, -0.15) is 0 Å². The number of non-ortho nitro benzene ring substituents is 1. The second-order valence-electron chi connectivity index (χ2n) is 6.84. The van der Waals surface area contributed by atoms with Gasteiger partial charge >= 0.3 is 0 Å². The van der Waals surface area contributed by atoms with Crippen LogP contribution in [0.25, 0.3) is 0 Å². The number of likely N-dealkylation sites (N-methyl/N-ethyl adjacent to an activating group) is 1. The first-order chi connectivity index (χ1) is 14.0. The molecule has 0 saturated carbocycles. The fourth-order valence-electron chi connectivity index (χ4n) is 3.09. The molecular formula is C23H23N3O3. The number of nitro groups is 1. The molecule has 0 aliphatic heterocycles. The van der Waals surface area contributed by atoms with Gasteiger partial charge < -0.3 is 4.90 Å². The maximum Gasteiger partial charge on any atom is 0.269 e. The van der Waals surface area contributed by atoms with Gasteiger partial charge in [0.2, 0.25) is 5.91 Å². The summed E-state index contributed by atoms with van der Waals surface area (Å²) >= 11 is 0. The molecule has 0 aromatic heterocycles. The number of carbonyl (C=O) groups excluding carboxylic acids is 1. The van der Waals surface area contributed by atoms with Gasteiger partial charge in [-0.3, -0.25) is 19.8 Å². The Bertz CT molecular complexity index is 903. The van der Waals surface area contributed by atoms with E-state index < -0.39 is 4.92 Å². The zero-order valence-corrected chi connectivity index (χ0v) is 16.3. The number of amides is 1. The standard InChI is InChI=1S/C23H23N3O3/c1-24(21-12-14-22(15-13-21)26(28)29)23(27)18-25(16-19-8-4-2-5-9-19)17-20-10-6-3-7-11-20/h2-15H,16-18H2,1H3. The van der Waals surface area contributed by atoms with Crippen LogP contribution >= 0.6 is 0 Å². The minimum Gasteiger partial charge on any atom is -0.314 e. The van der Waals surface area contributed by atoms with Crippen LogP contribution in [0.1, 0.15) is 11.1 Å². The van der Waals surface area contributed by atoms with Gasteiger partial charge in [-0.1, -0.05) is 60.7 Å². The minimum absolute atomic E-state index is 0.00406. The molecule has 0 N–H and O–H groups in total. The van der Waals surface area contributed by atoms with Crippen molar-refractivity contribution in [3.63, 3.8) is 0 Å². The van der Waals surface area contributed by atoms with Crippen LogP contribution in [-0.2, 0) is 17.9 Å². The van der Waals surface area contributed by atoms with Crippen molar-refractivity contribution in [2.45, 2.75) is 13.1 Å². The van der Waals surface area contributed by atoms with Crippen molar-refractivity contribution in [1.29, 1.82) is 0 Å². The Morgan fingerprint density at radius 1 is 0.828 bits per heavy atom. The Hall–Kier alpha value is -3.51. The summed E-state index contributed by atoms with van der Waals surface area (Å²) in [5, 5.41) is 10.8. The first kappa shape index (κ1) is 20.2. The quantitative estimate of drug-likeness (QED) is 0.426. The van der Waals surface area contributed by atoms with Crippen LogP contribution in [0.2, 0.25) is 0 Å². The number of benzene rings is 3. The van der Waals surface area contributed by atoms with E-state index in [9.17, 15) is 14.9 Å². The van der Waals surface area contributed by atoms with Gasteiger partial charge in [0, 0.05) is 38.0 Å². The van der Waals surface area contributed by atoms with Crippen molar-refractivity contribution in [1.82, 2.24) is 4.90 Å². The lowest BCUT2D eigenvalue weighted by atomic mass is 10.1. The molecule has 0 heterocycles. The molecule has 29 heavy (non-hydrogen) atoms. The van der Waals surface area contributed by atoms with Gasteiger partial charge in [0.1, 0.15) is 0 Å². The van der Waals surface area contributed by atoms with Gasteiger partial charge in [0.25, 0.3) is 5.69 Å². The summed E-state index contributed by atoms with van der Waals surface area (Å²) in [5.41, 5.74) is 2.90. The van der Waals surface area contributed by atoms with E-state index in [-0.39, 0.29) is 18.1 Å². The van der Waals surface area contributed by atoms with Gasteiger partial charge in [0.05, 0.1) is 11.5 Å². The predicted molar refractivity (Wildman–Crippen MR) is 114 cm³/mol. The van der Waals surface area contributed by atoms with Crippen LogP contribution in [0.4, 0.5) is 11.4 Å². The smallest absolute Gasteiger partial charge is 0.269 e. The third-order valence-electron chi connectivity index (χ3n) is 4.68.